The average Bonchev–Trinajstić information content (AvgIpc) is 1.88. The molecule has 0 spiro atoms. The van der Waals surface area contributed by atoms with E-state index in [1.165, 1.54) is 12.3 Å². The smallest absolute Gasteiger partial charge is 0.264 e. The summed E-state index contributed by atoms with van der Waals surface area (Å²) in [6.45, 7) is 0. The molecule has 0 fully saturated rings. The summed E-state index contributed by atoms with van der Waals surface area (Å²) in [6.07, 6.45) is -1.21. The Morgan fingerprint density at radius 3 is 2.45 bits per heavy atom. The second-order valence-electron chi connectivity index (χ2n) is 1.81. The van der Waals surface area contributed by atoms with Gasteiger partial charge in [-0.3, -0.25) is 0 Å². The molecule has 0 saturated heterocycles. The number of nitrogens with two attached hydrogens (primary N) is 1. The summed E-state index contributed by atoms with van der Waals surface area (Å²) in [7, 11) is 0. The zero-order chi connectivity index (χ0) is 7.56. The Morgan fingerprint density at radius 2 is 2.09 bits per heavy atom. The topological polar surface area (TPSA) is 38.9 Å². The van der Waals surface area contributed by atoms with Crippen molar-refractivity contribution in [1.82, 2.24) is 4.98 Å². The summed E-state index contributed by atoms with van der Waals surface area (Å²) in [4.78, 5) is 3.57. The number of hydrogen-bond acceptors (Lipinski definition) is 2. The van der Waals surface area contributed by atoms with Crippen molar-refractivity contribution in [3.63, 3.8) is 0 Å². The van der Waals surface area contributed by atoms with Gasteiger partial charge < -0.3 is 5.73 Å². The minimum absolute atomic E-state index is 0. The number of pyridine rings is 1. The van der Waals surface area contributed by atoms with Gasteiger partial charge in [-0.25, -0.2) is 13.8 Å². The molecule has 0 saturated carbocycles. The van der Waals surface area contributed by atoms with Crippen molar-refractivity contribution in [3.05, 3.63) is 23.9 Å². The van der Waals surface area contributed by atoms with Gasteiger partial charge in [0.15, 0.2) is 0 Å². The van der Waals surface area contributed by atoms with E-state index in [0.717, 1.165) is 6.07 Å². The van der Waals surface area contributed by atoms with E-state index in [2.05, 4.69) is 4.98 Å². The highest BCUT2D eigenvalue weighted by Crippen LogP contribution is 2.18. The summed E-state index contributed by atoms with van der Waals surface area (Å²) in [6, 6.07) is 2.39. The van der Waals surface area contributed by atoms with Gasteiger partial charge in [0.2, 0.25) is 0 Å². The van der Waals surface area contributed by atoms with Gasteiger partial charge in [0.25, 0.3) is 6.43 Å². The lowest BCUT2D eigenvalue weighted by molar-refractivity contribution is 0.151. The lowest BCUT2D eigenvalue weighted by atomic mass is 10.3. The van der Waals surface area contributed by atoms with Crippen LogP contribution in [0.1, 0.15) is 12.0 Å². The first-order valence-corrected chi connectivity index (χ1v) is 2.69. The third-order valence-corrected chi connectivity index (χ3v) is 1.06. The van der Waals surface area contributed by atoms with Crippen LogP contribution in [0.3, 0.4) is 0 Å². The fraction of sp³-hybridized carbons (Fsp3) is 0.167. The van der Waals surface area contributed by atoms with Crippen molar-refractivity contribution < 1.29 is 8.78 Å². The molecule has 5 heteroatoms. The maximum atomic E-state index is 11.9. The van der Waals surface area contributed by atoms with Gasteiger partial charge in [0, 0.05) is 11.8 Å². The Kier molecular flexibility index (Phi) is 3.74. The number of anilines is 1. The van der Waals surface area contributed by atoms with E-state index in [1.807, 2.05) is 0 Å². The summed E-state index contributed by atoms with van der Waals surface area (Å²) in [5.74, 6) is 0.123. The molecular formula is C6H7ClF2N2. The molecule has 11 heavy (non-hydrogen) atoms. The Morgan fingerprint density at radius 1 is 1.45 bits per heavy atom. The SMILES string of the molecule is Cl.Nc1cc(C(F)F)ccn1. The second-order valence-corrected chi connectivity index (χ2v) is 1.81. The van der Waals surface area contributed by atoms with Crippen LogP contribution in [0.25, 0.3) is 0 Å². The van der Waals surface area contributed by atoms with Crippen molar-refractivity contribution in [1.29, 1.82) is 0 Å². The summed E-state index contributed by atoms with van der Waals surface area (Å²) in [5, 5.41) is 0. The molecule has 1 aromatic rings. The van der Waals surface area contributed by atoms with Crippen LogP contribution >= 0.6 is 12.4 Å². The molecule has 0 aromatic carbocycles. The third kappa shape index (κ3) is 2.67. The van der Waals surface area contributed by atoms with Crippen molar-refractivity contribution in [2.24, 2.45) is 0 Å². The summed E-state index contributed by atoms with van der Waals surface area (Å²) >= 11 is 0. The van der Waals surface area contributed by atoms with E-state index in [9.17, 15) is 8.78 Å². The molecule has 1 aromatic heterocycles. The standard InChI is InChI=1S/C6H6F2N2.ClH/c7-6(8)4-1-2-10-5(9)3-4;/h1-3,6H,(H2,9,10);1H. The van der Waals surface area contributed by atoms with Gasteiger partial charge in [-0.05, 0) is 12.1 Å². The summed E-state index contributed by atoms with van der Waals surface area (Å²) in [5.41, 5.74) is 5.06. The Hall–Kier alpha value is -0.900. The van der Waals surface area contributed by atoms with Gasteiger partial charge in [-0.15, -0.1) is 12.4 Å². The largest absolute Gasteiger partial charge is 0.384 e. The van der Waals surface area contributed by atoms with E-state index < -0.39 is 6.43 Å². The lowest BCUT2D eigenvalue weighted by Gasteiger charge is -1.97. The van der Waals surface area contributed by atoms with Crippen LogP contribution in [-0.2, 0) is 0 Å². The Balaban J connectivity index is 0.000001000. The van der Waals surface area contributed by atoms with Crippen molar-refractivity contribution >= 4 is 18.2 Å². The molecular weight excluding hydrogens is 174 g/mol. The van der Waals surface area contributed by atoms with E-state index in [1.54, 1.807) is 0 Å². The molecule has 0 aliphatic heterocycles. The molecule has 0 amide bonds. The van der Waals surface area contributed by atoms with Gasteiger partial charge in [-0.1, -0.05) is 0 Å². The molecule has 0 atom stereocenters. The zero-order valence-corrected chi connectivity index (χ0v) is 6.31. The number of rotatable bonds is 1. The fourth-order valence-electron chi connectivity index (χ4n) is 0.601. The van der Waals surface area contributed by atoms with Gasteiger partial charge in [-0.2, -0.15) is 0 Å². The minimum atomic E-state index is -2.47. The van der Waals surface area contributed by atoms with Crippen LogP contribution in [0.15, 0.2) is 18.3 Å². The Labute approximate surface area is 68.8 Å². The van der Waals surface area contributed by atoms with Crippen LogP contribution in [0.2, 0.25) is 0 Å². The van der Waals surface area contributed by atoms with E-state index >= 15 is 0 Å². The molecule has 62 valence electrons. The highest BCUT2D eigenvalue weighted by Gasteiger charge is 2.05. The maximum Gasteiger partial charge on any atom is 0.264 e. The van der Waals surface area contributed by atoms with Gasteiger partial charge in [0.05, 0.1) is 0 Å². The van der Waals surface area contributed by atoms with Crippen LogP contribution in [-0.4, -0.2) is 4.98 Å². The monoisotopic (exact) mass is 180 g/mol. The third-order valence-electron chi connectivity index (χ3n) is 1.06. The van der Waals surface area contributed by atoms with E-state index in [-0.39, 0.29) is 23.8 Å². The minimum Gasteiger partial charge on any atom is -0.384 e. The van der Waals surface area contributed by atoms with Crippen LogP contribution in [0.4, 0.5) is 14.6 Å². The first-order chi connectivity index (χ1) is 4.70. The fourth-order valence-corrected chi connectivity index (χ4v) is 0.601. The number of nitrogens with zero attached hydrogens (tertiary/aromatic N) is 1. The maximum absolute atomic E-state index is 11.9. The molecule has 1 heterocycles. The van der Waals surface area contributed by atoms with Crippen LogP contribution in [0, 0.1) is 0 Å². The number of halogens is 3. The number of alkyl halides is 2. The lowest BCUT2D eigenvalue weighted by Crippen LogP contribution is -1.91. The van der Waals surface area contributed by atoms with Gasteiger partial charge in [0.1, 0.15) is 5.82 Å². The molecule has 2 nitrogen and oxygen atoms in total. The summed E-state index contributed by atoms with van der Waals surface area (Å²) < 4.78 is 23.7. The van der Waals surface area contributed by atoms with Crippen LogP contribution < -0.4 is 5.73 Å². The zero-order valence-electron chi connectivity index (χ0n) is 5.50. The Bertz CT molecular complexity index is 230. The molecule has 0 bridgehead atoms. The molecule has 2 N–H and O–H groups in total. The molecule has 0 radical (unpaired) electrons. The van der Waals surface area contributed by atoms with E-state index in [0.29, 0.717) is 0 Å². The van der Waals surface area contributed by atoms with Crippen molar-refractivity contribution in [2.45, 2.75) is 6.43 Å². The quantitative estimate of drug-likeness (QED) is 0.718. The second kappa shape index (κ2) is 4.08. The van der Waals surface area contributed by atoms with Crippen molar-refractivity contribution in [3.8, 4) is 0 Å². The highest BCUT2D eigenvalue weighted by molar-refractivity contribution is 5.85. The predicted molar refractivity (Wildman–Crippen MR) is 40.9 cm³/mol. The molecule has 0 aliphatic carbocycles. The molecule has 0 unspecified atom stereocenters. The van der Waals surface area contributed by atoms with Crippen molar-refractivity contribution in [2.75, 3.05) is 5.73 Å². The average molecular weight is 181 g/mol. The molecule has 0 aliphatic rings. The first kappa shape index (κ1) is 10.1. The molecule has 1 rings (SSSR count). The number of hydrogen-bond donors (Lipinski definition) is 1. The first-order valence-electron chi connectivity index (χ1n) is 2.69. The predicted octanol–water partition coefficient (Wildman–Crippen LogP) is 2.02. The number of nitrogen functional groups attached to an aromatic ring is 1. The van der Waals surface area contributed by atoms with E-state index in [4.69, 9.17) is 5.73 Å². The van der Waals surface area contributed by atoms with Gasteiger partial charge >= 0.3 is 0 Å². The van der Waals surface area contributed by atoms with Crippen LogP contribution in [0.5, 0.6) is 0 Å². The number of aromatic nitrogens is 1. The normalized spacial score (nSPS) is 9.36. The highest BCUT2D eigenvalue weighted by atomic mass is 35.5.